The van der Waals surface area contributed by atoms with E-state index in [1.165, 1.54) is 12.1 Å². The molecule has 1 N–H and O–H groups in total. The number of halogens is 3. The van der Waals surface area contributed by atoms with Crippen LogP contribution < -0.4 is 14.8 Å². The van der Waals surface area contributed by atoms with Crippen molar-refractivity contribution in [2.45, 2.75) is 25.7 Å². The third kappa shape index (κ3) is 5.41. The smallest absolute Gasteiger partial charge is 0.416 e. The number of alkyl halides is 3. The quantitative estimate of drug-likeness (QED) is 0.859. The first-order valence-corrected chi connectivity index (χ1v) is 7.54. The highest BCUT2D eigenvalue weighted by atomic mass is 19.4. The molecule has 1 atom stereocenters. The molecule has 4 nitrogen and oxygen atoms in total. The van der Waals surface area contributed by atoms with Crippen LogP contribution in [-0.2, 0) is 17.5 Å². The molecule has 0 aliphatic heterocycles. The highest BCUT2D eigenvalue weighted by molar-refractivity contribution is 5.80. The normalized spacial score (nSPS) is 12.4. The highest BCUT2D eigenvalue weighted by Gasteiger charge is 2.30. The van der Waals surface area contributed by atoms with Crippen molar-refractivity contribution >= 4 is 5.91 Å². The van der Waals surface area contributed by atoms with Crippen LogP contribution in [0.25, 0.3) is 0 Å². The molecule has 2 aromatic rings. The fraction of sp³-hybridized carbons (Fsp3) is 0.278. The molecule has 1 amide bonds. The van der Waals surface area contributed by atoms with Crippen molar-refractivity contribution in [2.24, 2.45) is 0 Å². The van der Waals surface area contributed by atoms with Crippen LogP contribution >= 0.6 is 0 Å². The van der Waals surface area contributed by atoms with Gasteiger partial charge in [-0.15, -0.1) is 0 Å². The molecule has 0 aliphatic rings. The minimum Gasteiger partial charge on any atom is -0.497 e. The Kier molecular flexibility index (Phi) is 5.90. The van der Waals surface area contributed by atoms with Crippen LogP contribution in [0.4, 0.5) is 13.2 Å². The third-order valence-electron chi connectivity index (χ3n) is 3.46. The van der Waals surface area contributed by atoms with Crippen LogP contribution in [0.15, 0.2) is 48.5 Å². The van der Waals surface area contributed by atoms with Crippen molar-refractivity contribution in [2.75, 3.05) is 7.11 Å². The topological polar surface area (TPSA) is 47.6 Å². The molecule has 0 saturated carbocycles. The second-order valence-electron chi connectivity index (χ2n) is 5.35. The molecule has 0 spiro atoms. The summed E-state index contributed by atoms with van der Waals surface area (Å²) in [5.74, 6) is 0.727. The molecule has 0 heterocycles. The summed E-state index contributed by atoms with van der Waals surface area (Å²) in [6.07, 6.45) is -5.20. The molecule has 0 saturated heterocycles. The van der Waals surface area contributed by atoms with Crippen LogP contribution in [-0.4, -0.2) is 19.1 Å². The SMILES string of the molecule is COc1ccc(O[C@@H](C)C(=O)NCc2cccc(C(F)(F)F)c2)cc1. The zero-order valence-corrected chi connectivity index (χ0v) is 13.8. The van der Waals surface area contributed by atoms with Gasteiger partial charge in [0.15, 0.2) is 6.10 Å². The molecule has 134 valence electrons. The lowest BCUT2D eigenvalue weighted by atomic mass is 10.1. The van der Waals surface area contributed by atoms with Gasteiger partial charge in [0.25, 0.3) is 5.91 Å². The van der Waals surface area contributed by atoms with Gasteiger partial charge in [0.05, 0.1) is 12.7 Å². The Morgan fingerprint density at radius 2 is 1.76 bits per heavy atom. The standard InChI is InChI=1S/C18H18F3NO3/c1-12(25-16-8-6-15(24-2)7-9-16)17(23)22-11-13-4-3-5-14(10-13)18(19,20)21/h3-10,12H,11H2,1-2H3,(H,22,23)/t12-/m0/s1. The number of methoxy groups -OCH3 is 1. The fourth-order valence-electron chi connectivity index (χ4n) is 2.10. The van der Waals surface area contributed by atoms with Gasteiger partial charge < -0.3 is 14.8 Å². The summed E-state index contributed by atoms with van der Waals surface area (Å²) in [4.78, 5) is 12.0. The van der Waals surface area contributed by atoms with Crippen LogP contribution in [0, 0.1) is 0 Å². The maximum absolute atomic E-state index is 12.7. The minimum atomic E-state index is -4.41. The van der Waals surface area contributed by atoms with E-state index in [0.717, 1.165) is 12.1 Å². The number of rotatable bonds is 6. The summed E-state index contributed by atoms with van der Waals surface area (Å²) >= 11 is 0. The maximum Gasteiger partial charge on any atom is 0.416 e. The van der Waals surface area contributed by atoms with Gasteiger partial charge in [-0.1, -0.05) is 12.1 Å². The lowest BCUT2D eigenvalue weighted by Crippen LogP contribution is -2.35. The predicted molar refractivity (Wildman–Crippen MR) is 86.4 cm³/mol. The van der Waals surface area contributed by atoms with Crippen molar-refractivity contribution in [1.82, 2.24) is 5.32 Å². The molecule has 0 fully saturated rings. The number of hydrogen-bond acceptors (Lipinski definition) is 3. The number of benzene rings is 2. The Morgan fingerprint density at radius 3 is 2.36 bits per heavy atom. The van der Waals surface area contributed by atoms with E-state index in [9.17, 15) is 18.0 Å². The molecule has 7 heteroatoms. The Hall–Kier alpha value is -2.70. The summed E-state index contributed by atoms with van der Waals surface area (Å²) in [5.41, 5.74) is -0.387. The summed E-state index contributed by atoms with van der Waals surface area (Å²) in [6.45, 7) is 1.55. The number of ether oxygens (including phenoxy) is 2. The largest absolute Gasteiger partial charge is 0.497 e. The Bertz CT molecular complexity index is 714. The first-order chi connectivity index (χ1) is 11.8. The van der Waals surface area contributed by atoms with E-state index in [1.54, 1.807) is 38.3 Å². The van der Waals surface area contributed by atoms with Gasteiger partial charge in [0, 0.05) is 6.54 Å². The molecular weight excluding hydrogens is 335 g/mol. The van der Waals surface area contributed by atoms with E-state index < -0.39 is 23.8 Å². The molecule has 2 aromatic carbocycles. The molecule has 0 unspecified atom stereocenters. The van der Waals surface area contributed by atoms with Crippen molar-refractivity contribution < 1.29 is 27.4 Å². The molecule has 2 rings (SSSR count). The summed E-state index contributed by atoms with van der Waals surface area (Å²) < 4.78 is 48.5. The predicted octanol–water partition coefficient (Wildman–Crippen LogP) is 3.80. The van der Waals surface area contributed by atoms with Gasteiger partial charge >= 0.3 is 6.18 Å². The number of nitrogens with one attached hydrogen (secondary N) is 1. The lowest BCUT2D eigenvalue weighted by molar-refractivity contribution is -0.137. The summed E-state index contributed by atoms with van der Waals surface area (Å²) in [7, 11) is 1.54. The number of hydrogen-bond donors (Lipinski definition) is 1. The second kappa shape index (κ2) is 7.92. The van der Waals surface area contributed by atoms with Crippen molar-refractivity contribution in [3.05, 3.63) is 59.7 Å². The molecule has 0 radical (unpaired) electrons. The Labute approximate surface area is 143 Å². The van der Waals surface area contributed by atoms with Crippen molar-refractivity contribution in [3.63, 3.8) is 0 Å². The van der Waals surface area contributed by atoms with Gasteiger partial charge in [-0.2, -0.15) is 13.2 Å². The van der Waals surface area contributed by atoms with Crippen LogP contribution in [0.1, 0.15) is 18.1 Å². The van der Waals surface area contributed by atoms with Gasteiger partial charge in [-0.05, 0) is 48.9 Å². The van der Waals surface area contributed by atoms with E-state index in [0.29, 0.717) is 17.1 Å². The van der Waals surface area contributed by atoms with E-state index >= 15 is 0 Å². The van der Waals surface area contributed by atoms with Gasteiger partial charge in [-0.3, -0.25) is 4.79 Å². The van der Waals surface area contributed by atoms with E-state index in [4.69, 9.17) is 9.47 Å². The third-order valence-corrected chi connectivity index (χ3v) is 3.46. The average Bonchev–Trinajstić information content (AvgIpc) is 2.59. The monoisotopic (exact) mass is 353 g/mol. The molecule has 0 aliphatic carbocycles. The zero-order chi connectivity index (χ0) is 18.4. The van der Waals surface area contributed by atoms with Crippen LogP contribution in [0.2, 0.25) is 0 Å². The first-order valence-electron chi connectivity index (χ1n) is 7.54. The maximum atomic E-state index is 12.7. The summed E-state index contributed by atoms with van der Waals surface area (Å²) in [5, 5.41) is 2.56. The molecule has 25 heavy (non-hydrogen) atoms. The van der Waals surface area contributed by atoms with Gasteiger partial charge in [0.2, 0.25) is 0 Å². The van der Waals surface area contributed by atoms with E-state index in [-0.39, 0.29) is 6.54 Å². The molecule has 0 aromatic heterocycles. The first kappa shape index (κ1) is 18.6. The van der Waals surface area contributed by atoms with E-state index in [2.05, 4.69) is 5.32 Å². The van der Waals surface area contributed by atoms with Crippen molar-refractivity contribution in [3.8, 4) is 11.5 Å². The average molecular weight is 353 g/mol. The Morgan fingerprint density at radius 1 is 1.12 bits per heavy atom. The second-order valence-corrected chi connectivity index (χ2v) is 5.35. The highest BCUT2D eigenvalue weighted by Crippen LogP contribution is 2.29. The van der Waals surface area contributed by atoms with Crippen LogP contribution in [0.3, 0.4) is 0 Å². The van der Waals surface area contributed by atoms with Gasteiger partial charge in [0.1, 0.15) is 11.5 Å². The number of amides is 1. The van der Waals surface area contributed by atoms with Crippen LogP contribution in [0.5, 0.6) is 11.5 Å². The molecular formula is C18H18F3NO3. The lowest BCUT2D eigenvalue weighted by Gasteiger charge is -2.15. The van der Waals surface area contributed by atoms with E-state index in [1.807, 2.05) is 0 Å². The molecule has 0 bridgehead atoms. The zero-order valence-electron chi connectivity index (χ0n) is 13.8. The Balaban J connectivity index is 1.90. The summed E-state index contributed by atoms with van der Waals surface area (Å²) in [6, 6.07) is 11.5. The number of carbonyl (C=O) groups excluding carboxylic acids is 1. The minimum absolute atomic E-state index is 0.0148. The van der Waals surface area contributed by atoms with Gasteiger partial charge in [-0.25, -0.2) is 0 Å². The van der Waals surface area contributed by atoms with Crippen molar-refractivity contribution in [1.29, 1.82) is 0 Å². The number of carbonyl (C=O) groups is 1. The fourth-order valence-corrected chi connectivity index (χ4v) is 2.10.